The third-order valence-electron chi connectivity index (χ3n) is 2.81. The van der Waals surface area contributed by atoms with E-state index in [0.717, 1.165) is 25.1 Å². The van der Waals surface area contributed by atoms with Crippen molar-refractivity contribution in [2.45, 2.75) is 26.4 Å². The maximum absolute atomic E-state index is 6.17. The van der Waals surface area contributed by atoms with E-state index in [1.165, 1.54) is 5.56 Å². The zero-order valence-electron chi connectivity index (χ0n) is 10.9. The largest absolute Gasteiger partial charge is 0.313 e. The molecular weight excluding hydrogens is 281 g/mol. The molecule has 1 aromatic carbocycles. The van der Waals surface area contributed by atoms with Crippen LogP contribution in [0.2, 0.25) is 10.0 Å². The molecule has 0 atom stereocenters. The second-order valence-corrected chi connectivity index (χ2v) is 5.22. The highest BCUT2D eigenvalue weighted by molar-refractivity contribution is 6.42. The van der Waals surface area contributed by atoms with Crippen molar-refractivity contribution in [2.75, 3.05) is 6.54 Å². The highest BCUT2D eigenvalue weighted by Crippen LogP contribution is 2.25. The average Bonchev–Trinajstić information content (AvgIpc) is 2.83. The Labute approximate surface area is 123 Å². The number of hydrogen-bond donors (Lipinski definition) is 1. The molecule has 0 radical (unpaired) electrons. The number of nitrogens with zero attached hydrogens (tertiary/aromatic N) is 2. The van der Waals surface area contributed by atoms with Crippen molar-refractivity contribution in [1.29, 1.82) is 0 Å². The SMILES string of the molecule is CCCNCc1cnn(Cc2cccc(Cl)c2Cl)c1. The number of rotatable bonds is 6. The maximum atomic E-state index is 6.17. The molecule has 0 amide bonds. The Balaban J connectivity index is 2.01. The predicted octanol–water partition coefficient (Wildman–Crippen LogP) is 3.74. The number of aromatic nitrogens is 2. The molecule has 1 heterocycles. The third-order valence-corrected chi connectivity index (χ3v) is 3.66. The lowest BCUT2D eigenvalue weighted by Crippen LogP contribution is -2.13. The van der Waals surface area contributed by atoms with Gasteiger partial charge in [0.05, 0.1) is 22.8 Å². The first kappa shape index (κ1) is 14.4. The van der Waals surface area contributed by atoms with Gasteiger partial charge in [0, 0.05) is 18.3 Å². The summed E-state index contributed by atoms with van der Waals surface area (Å²) in [6.07, 6.45) is 5.03. The topological polar surface area (TPSA) is 29.9 Å². The van der Waals surface area contributed by atoms with Crippen molar-refractivity contribution in [1.82, 2.24) is 15.1 Å². The van der Waals surface area contributed by atoms with Crippen LogP contribution in [0, 0.1) is 0 Å². The molecule has 1 N–H and O–H groups in total. The lowest BCUT2D eigenvalue weighted by Gasteiger charge is -2.05. The number of benzene rings is 1. The smallest absolute Gasteiger partial charge is 0.0674 e. The van der Waals surface area contributed by atoms with E-state index >= 15 is 0 Å². The Morgan fingerprint density at radius 1 is 1.32 bits per heavy atom. The number of hydrogen-bond acceptors (Lipinski definition) is 2. The first-order chi connectivity index (χ1) is 9.20. The van der Waals surface area contributed by atoms with Gasteiger partial charge >= 0.3 is 0 Å². The van der Waals surface area contributed by atoms with Gasteiger partial charge in [0.2, 0.25) is 0 Å². The molecule has 0 aliphatic rings. The fraction of sp³-hybridized carbons (Fsp3) is 0.357. The monoisotopic (exact) mass is 297 g/mol. The maximum Gasteiger partial charge on any atom is 0.0674 e. The van der Waals surface area contributed by atoms with Crippen molar-refractivity contribution < 1.29 is 0 Å². The lowest BCUT2D eigenvalue weighted by molar-refractivity contribution is 0.668. The third kappa shape index (κ3) is 3.96. The molecule has 0 aliphatic carbocycles. The first-order valence-corrected chi connectivity index (χ1v) is 7.11. The van der Waals surface area contributed by atoms with Crippen molar-refractivity contribution in [3.8, 4) is 0 Å². The summed E-state index contributed by atoms with van der Waals surface area (Å²) in [7, 11) is 0. The highest BCUT2D eigenvalue weighted by atomic mass is 35.5. The van der Waals surface area contributed by atoms with E-state index in [9.17, 15) is 0 Å². The Kier molecular flexibility index (Phi) is 5.25. The molecule has 0 spiro atoms. The molecule has 0 saturated heterocycles. The molecule has 3 nitrogen and oxygen atoms in total. The van der Waals surface area contributed by atoms with Crippen LogP contribution in [-0.4, -0.2) is 16.3 Å². The van der Waals surface area contributed by atoms with E-state index in [-0.39, 0.29) is 0 Å². The molecule has 0 unspecified atom stereocenters. The molecule has 0 aliphatic heterocycles. The van der Waals surface area contributed by atoms with E-state index < -0.39 is 0 Å². The first-order valence-electron chi connectivity index (χ1n) is 6.35. The summed E-state index contributed by atoms with van der Waals surface area (Å²) in [5.74, 6) is 0. The lowest BCUT2D eigenvalue weighted by atomic mass is 10.2. The van der Waals surface area contributed by atoms with E-state index in [1.807, 2.05) is 29.2 Å². The minimum atomic E-state index is 0.580. The molecular formula is C14H17Cl2N3. The zero-order chi connectivity index (χ0) is 13.7. The van der Waals surface area contributed by atoms with E-state index in [1.54, 1.807) is 6.07 Å². The van der Waals surface area contributed by atoms with Gasteiger partial charge in [-0.15, -0.1) is 0 Å². The Morgan fingerprint density at radius 3 is 2.95 bits per heavy atom. The second-order valence-electron chi connectivity index (χ2n) is 4.44. The number of halogens is 2. The molecule has 0 saturated carbocycles. The van der Waals surface area contributed by atoms with Gasteiger partial charge < -0.3 is 5.32 Å². The summed E-state index contributed by atoms with van der Waals surface area (Å²) in [5.41, 5.74) is 2.15. The summed E-state index contributed by atoms with van der Waals surface area (Å²) < 4.78 is 1.88. The zero-order valence-corrected chi connectivity index (χ0v) is 12.4. The van der Waals surface area contributed by atoms with Gasteiger partial charge in [-0.2, -0.15) is 5.10 Å². The summed E-state index contributed by atoms with van der Waals surface area (Å²) >= 11 is 12.2. The van der Waals surface area contributed by atoms with Gasteiger partial charge in [-0.25, -0.2) is 0 Å². The van der Waals surface area contributed by atoms with Crippen LogP contribution in [0.4, 0.5) is 0 Å². The molecule has 102 valence electrons. The van der Waals surface area contributed by atoms with Crippen LogP contribution in [-0.2, 0) is 13.1 Å². The van der Waals surface area contributed by atoms with Crippen molar-refractivity contribution >= 4 is 23.2 Å². The van der Waals surface area contributed by atoms with Gasteiger partial charge in [0.25, 0.3) is 0 Å². The molecule has 19 heavy (non-hydrogen) atoms. The molecule has 2 aromatic rings. The Hall–Kier alpha value is -1.03. The van der Waals surface area contributed by atoms with E-state index in [0.29, 0.717) is 16.6 Å². The normalized spacial score (nSPS) is 10.9. The fourth-order valence-corrected chi connectivity index (χ4v) is 2.22. The van der Waals surface area contributed by atoms with Crippen LogP contribution < -0.4 is 5.32 Å². The molecule has 0 bridgehead atoms. The van der Waals surface area contributed by atoms with Gasteiger partial charge in [0.15, 0.2) is 0 Å². The second kappa shape index (κ2) is 6.94. The van der Waals surface area contributed by atoms with Crippen molar-refractivity contribution in [2.24, 2.45) is 0 Å². The Bertz CT molecular complexity index is 537. The predicted molar refractivity (Wildman–Crippen MR) is 79.8 cm³/mol. The van der Waals surface area contributed by atoms with Crippen LogP contribution in [0.3, 0.4) is 0 Å². The van der Waals surface area contributed by atoms with Crippen LogP contribution in [0.1, 0.15) is 24.5 Å². The summed E-state index contributed by atoms with van der Waals surface area (Å²) in [6.45, 7) is 4.65. The summed E-state index contributed by atoms with van der Waals surface area (Å²) in [4.78, 5) is 0. The fourth-order valence-electron chi connectivity index (χ4n) is 1.84. The van der Waals surface area contributed by atoms with Gasteiger partial charge in [0.1, 0.15) is 0 Å². The summed E-state index contributed by atoms with van der Waals surface area (Å²) in [5, 5.41) is 8.87. The van der Waals surface area contributed by atoms with Crippen LogP contribution in [0.25, 0.3) is 0 Å². The average molecular weight is 298 g/mol. The summed E-state index contributed by atoms with van der Waals surface area (Å²) in [6, 6.07) is 5.65. The number of nitrogens with one attached hydrogen (secondary N) is 1. The quantitative estimate of drug-likeness (QED) is 0.823. The van der Waals surface area contributed by atoms with Gasteiger partial charge in [-0.1, -0.05) is 42.3 Å². The van der Waals surface area contributed by atoms with E-state index in [2.05, 4.69) is 17.3 Å². The molecule has 1 aromatic heterocycles. The van der Waals surface area contributed by atoms with Crippen molar-refractivity contribution in [3.05, 3.63) is 51.8 Å². The van der Waals surface area contributed by atoms with Gasteiger partial charge in [-0.3, -0.25) is 4.68 Å². The van der Waals surface area contributed by atoms with Crippen LogP contribution >= 0.6 is 23.2 Å². The molecule has 2 rings (SSSR count). The Morgan fingerprint density at radius 2 is 2.16 bits per heavy atom. The van der Waals surface area contributed by atoms with Crippen LogP contribution in [0.5, 0.6) is 0 Å². The van der Waals surface area contributed by atoms with E-state index in [4.69, 9.17) is 23.2 Å². The minimum Gasteiger partial charge on any atom is -0.313 e. The molecule has 0 fully saturated rings. The molecule has 5 heteroatoms. The van der Waals surface area contributed by atoms with Crippen molar-refractivity contribution in [3.63, 3.8) is 0 Å². The standard InChI is InChI=1S/C14H17Cl2N3/c1-2-6-17-7-11-8-18-19(9-11)10-12-4-3-5-13(15)14(12)16/h3-5,8-9,17H,2,6-7,10H2,1H3. The highest BCUT2D eigenvalue weighted by Gasteiger charge is 2.06. The minimum absolute atomic E-state index is 0.580. The van der Waals surface area contributed by atoms with Gasteiger partial charge in [-0.05, 0) is 24.6 Å². The van der Waals surface area contributed by atoms with Crippen LogP contribution in [0.15, 0.2) is 30.6 Å².